The first kappa shape index (κ1) is 23.0. The molecular weight excluding hydrogens is 328 g/mol. The summed E-state index contributed by atoms with van der Waals surface area (Å²) in [6.45, 7) is 8.79. The second-order valence-corrected chi connectivity index (χ2v) is 8.43. The van der Waals surface area contributed by atoms with Crippen LogP contribution >= 0.6 is 0 Å². The first-order chi connectivity index (χ1) is 12.4. The van der Waals surface area contributed by atoms with Crippen molar-refractivity contribution in [2.45, 2.75) is 110 Å². The van der Waals surface area contributed by atoms with Gasteiger partial charge in [0.2, 0.25) is 0 Å². The third-order valence-corrected chi connectivity index (χ3v) is 5.34. The topological polar surface area (TPSA) is 52.6 Å². The normalized spacial score (nSPS) is 20.6. The van der Waals surface area contributed by atoms with E-state index in [-0.39, 0.29) is 23.8 Å². The van der Waals surface area contributed by atoms with E-state index in [0.29, 0.717) is 13.0 Å². The maximum absolute atomic E-state index is 12.6. The molecule has 2 atom stereocenters. The highest BCUT2D eigenvalue weighted by atomic mass is 16.6. The van der Waals surface area contributed by atoms with E-state index in [1.54, 1.807) is 0 Å². The van der Waals surface area contributed by atoms with Crippen LogP contribution in [0.25, 0.3) is 0 Å². The van der Waals surface area contributed by atoms with Crippen LogP contribution in [0.2, 0.25) is 0 Å². The smallest absolute Gasteiger partial charge is 0.309 e. The zero-order chi connectivity index (χ0) is 19.4. The molecule has 0 saturated heterocycles. The third kappa shape index (κ3) is 9.05. The number of hydrogen-bond donors (Lipinski definition) is 0. The van der Waals surface area contributed by atoms with E-state index in [4.69, 9.17) is 9.47 Å². The van der Waals surface area contributed by atoms with Crippen molar-refractivity contribution in [3.05, 3.63) is 0 Å². The van der Waals surface area contributed by atoms with E-state index in [0.717, 1.165) is 44.9 Å². The lowest BCUT2D eigenvalue weighted by molar-refractivity contribution is -0.165. The van der Waals surface area contributed by atoms with Crippen molar-refractivity contribution in [1.29, 1.82) is 0 Å². The lowest BCUT2D eigenvalue weighted by Crippen LogP contribution is -2.35. The molecule has 0 radical (unpaired) electrons. The second-order valence-electron chi connectivity index (χ2n) is 8.43. The first-order valence-electron chi connectivity index (χ1n) is 10.8. The van der Waals surface area contributed by atoms with Gasteiger partial charge in [0.15, 0.2) is 0 Å². The van der Waals surface area contributed by atoms with Crippen molar-refractivity contribution in [3.8, 4) is 0 Å². The van der Waals surface area contributed by atoms with Crippen molar-refractivity contribution >= 4 is 11.9 Å². The van der Waals surface area contributed by atoms with Crippen molar-refractivity contribution in [1.82, 2.24) is 0 Å². The van der Waals surface area contributed by atoms with Gasteiger partial charge < -0.3 is 9.47 Å². The van der Waals surface area contributed by atoms with Crippen LogP contribution in [0.1, 0.15) is 105 Å². The molecule has 0 bridgehead atoms. The quantitative estimate of drug-likeness (QED) is 0.322. The SMILES string of the molecule is CCCCCCCC(C)(C)OC(=O)C1CCCC(C(=O)OCCCC)C1. The zero-order valence-corrected chi connectivity index (χ0v) is 17.5. The minimum atomic E-state index is -0.419. The third-order valence-electron chi connectivity index (χ3n) is 5.34. The van der Waals surface area contributed by atoms with Crippen molar-refractivity contribution in [2.24, 2.45) is 11.8 Å². The summed E-state index contributed by atoms with van der Waals surface area (Å²) in [6.07, 6.45) is 12.0. The molecule has 2 unspecified atom stereocenters. The summed E-state index contributed by atoms with van der Waals surface area (Å²) in [7, 11) is 0. The van der Waals surface area contributed by atoms with Gasteiger partial charge in [-0.15, -0.1) is 0 Å². The molecule has 1 aliphatic rings. The zero-order valence-electron chi connectivity index (χ0n) is 17.5. The van der Waals surface area contributed by atoms with Crippen LogP contribution in [-0.2, 0) is 19.1 Å². The Balaban J connectivity index is 2.39. The van der Waals surface area contributed by atoms with Gasteiger partial charge in [0.1, 0.15) is 5.60 Å². The molecule has 1 fully saturated rings. The minimum Gasteiger partial charge on any atom is -0.465 e. The molecular formula is C22H40O4. The number of rotatable bonds is 12. The molecule has 0 spiro atoms. The summed E-state index contributed by atoms with van der Waals surface area (Å²) < 4.78 is 11.2. The molecule has 0 aromatic rings. The molecule has 0 heterocycles. The number of carbonyl (C=O) groups excluding carboxylic acids is 2. The molecule has 0 N–H and O–H groups in total. The lowest BCUT2D eigenvalue weighted by atomic mass is 9.81. The van der Waals surface area contributed by atoms with Crippen LogP contribution in [0.4, 0.5) is 0 Å². The molecule has 152 valence electrons. The van der Waals surface area contributed by atoms with E-state index in [1.165, 1.54) is 25.7 Å². The summed E-state index contributed by atoms with van der Waals surface area (Å²) >= 11 is 0. The van der Waals surface area contributed by atoms with Gasteiger partial charge in [0, 0.05) is 0 Å². The van der Waals surface area contributed by atoms with E-state index in [9.17, 15) is 9.59 Å². The lowest BCUT2D eigenvalue weighted by Gasteiger charge is -2.31. The Kier molecular flexibility index (Phi) is 10.9. The average molecular weight is 369 g/mol. The molecule has 0 aromatic carbocycles. The van der Waals surface area contributed by atoms with E-state index in [2.05, 4.69) is 13.8 Å². The Hall–Kier alpha value is -1.06. The fraction of sp³-hybridized carbons (Fsp3) is 0.909. The number of unbranched alkanes of at least 4 members (excludes halogenated alkanes) is 5. The fourth-order valence-corrected chi connectivity index (χ4v) is 3.61. The van der Waals surface area contributed by atoms with Gasteiger partial charge in [-0.25, -0.2) is 0 Å². The molecule has 0 aromatic heterocycles. The number of carbonyl (C=O) groups is 2. The Labute approximate surface area is 160 Å². The summed E-state index contributed by atoms with van der Waals surface area (Å²) in [6, 6.07) is 0. The summed E-state index contributed by atoms with van der Waals surface area (Å²) in [5.74, 6) is -0.567. The van der Waals surface area contributed by atoms with Gasteiger partial charge in [-0.2, -0.15) is 0 Å². The first-order valence-corrected chi connectivity index (χ1v) is 10.8. The molecule has 1 aliphatic carbocycles. The molecule has 26 heavy (non-hydrogen) atoms. The average Bonchev–Trinajstić information content (AvgIpc) is 2.61. The molecule has 4 nitrogen and oxygen atoms in total. The van der Waals surface area contributed by atoms with Gasteiger partial charge in [-0.1, -0.05) is 52.4 Å². The molecule has 4 heteroatoms. The molecule has 1 rings (SSSR count). The molecule has 1 saturated carbocycles. The van der Waals surface area contributed by atoms with Crippen molar-refractivity contribution in [3.63, 3.8) is 0 Å². The van der Waals surface area contributed by atoms with E-state index < -0.39 is 5.60 Å². The van der Waals surface area contributed by atoms with Gasteiger partial charge in [-0.3, -0.25) is 9.59 Å². The highest BCUT2D eigenvalue weighted by Crippen LogP contribution is 2.32. The highest BCUT2D eigenvalue weighted by Gasteiger charge is 2.35. The van der Waals surface area contributed by atoms with Crippen LogP contribution < -0.4 is 0 Å². The van der Waals surface area contributed by atoms with Crippen LogP contribution in [0.5, 0.6) is 0 Å². The maximum atomic E-state index is 12.6. The fourth-order valence-electron chi connectivity index (χ4n) is 3.61. The van der Waals surface area contributed by atoms with Gasteiger partial charge in [0.25, 0.3) is 0 Å². The Morgan fingerprint density at radius 3 is 2.15 bits per heavy atom. The second kappa shape index (κ2) is 12.3. The monoisotopic (exact) mass is 368 g/mol. The van der Waals surface area contributed by atoms with Crippen LogP contribution in [0, 0.1) is 11.8 Å². The van der Waals surface area contributed by atoms with Crippen LogP contribution in [0.15, 0.2) is 0 Å². The summed E-state index contributed by atoms with van der Waals surface area (Å²) in [4.78, 5) is 24.8. The number of esters is 2. The molecule has 0 aliphatic heterocycles. The summed E-state index contributed by atoms with van der Waals surface area (Å²) in [5.41, 5.74) is -0.419. The maximum Gasteiger partial charge on any atom is 0.309 e. The Bertz CT molecular complexity index is 416. The van der Waals surface area contributed by atoms with Crippen LogP contribution in [-0.4, -0.2) is 24.1 Å². The Morgan fingerprint density at radius 2 is 1.50 bits per heavy atom. The predicted molar refractivity (Wildman–Crippen MR) is 105 cm³/mol. The van der Waals surface area contributed by atoms with Gasteiger partial charge in [0.05, 0.1) is 18.4 Å². The highest BCUT2D eigenvalue weighted by molar-refractivity contribution is 5.76. The largest absolute Gasteiger partial charge is 0.465 e. The van der Waals surface area contributed by atoms with E-state index >= 15 is 0 Å². The Morgan fingerprint density at radius 1 is 0.885 bits per heavy atom. The number of hydrogen-bond acceptors (Lipinski definition) is 4. The minimum absolute atomic E-state index is 0.130. The van der Waals surface area contributed by atoms with Crippen LogP contribution in [0.3, 0.4) is 0 Å². The number of ether oxygens (including phenoxy) is 2. The van der Waals surface area contributed by atoms with Gasteiger partial charge >= 0.3 is 11.9 Å². The van der Waals surface area contributed by atoms with Crippen molar-refractivity contribution < 1.29 is 19.1 Å². The van der Waals surface area contributed by atoms with E-state index in [1.807, 2.05) is 13.8 Å². The standard InChI is InChI=1S/C22H40O4/c1-5-7-9-10-11-15-22(3,4)26-21(24)19-14-12-13-18(17-19)20(23)25-16-8-6-2/h18-19H,5-17H2,1-4H3. The summed E-state index contributed by atoms with van der Waals surface area (Å²) in [5, 5.41) is 0. The van der Waals surface area contributed by atoms with Crippen molar-refractivity contribution in [2.75, 3.05) is 6.61 Å². The van der Waals surface area contributed by atoms with Gasteiger partial charge in [-0.05, 0) is 52.4 Å². The molecule has 0 amide bonds. The predicted octanol–water partition coefficient (Wildman–Crippen LogP) is 5.82.